The molecule has 1 aromatic carbocycles. The van der Waals surface area contributed by atoms with E-state index in [4.69, 9.17) is 10.4 Å². The van der Waals surface area contributed by atoms with Crippen molar-refractivity contribution in [3.63, 3.8) is 0 Å². The summed E-state index contributed by atoms with van der Waals surface area (Å²) in [5.74, 6) is -0.102. The van der Waals surface area contributed by atoms with Crippen LogP contribution in [0.15, 0.2) is 24.3 Å². The Labute approximate surface area is 107 Å². The number of benzene rings is 1. The van der Waals surface area contributed by atoms with Crippen molar-refractivity contribution in [1.29, 1.82) is 5.26 Å². The number of aliphatic hydroxyl groups excluding tert-OH is 1. The van der Waals surface area contributed by atoms with Crippen LogP contribution in [0, 0.1) is 11.3 Å². The van der Waals surface area contributed by atoms with Gasteiger partial charge in [-0.05, 0) is 25.2 Å². The van der Waals surface area contributed by atoms with Crippen LogP contribution in [0.5, 0.6) is 0 Å². The van der Waals surface area contributed by atoms with E-state index in [2.05, 4.69) is 5.32 Å². The van der Waals surface area contributed by atoms with Crippen molar-refractivity contribution in [2.45, 2.75) is 6.42 Å². The zero-order chi connectivity index (χ0) is 13.4. The van der Waals surface area contributed by atoms with Gasteiger partial charge in [0.25, 0.3) is 0 Å². The fourth-order valence-corrected chi connectivity index (χ4v) is 1.46. The Kier molecular flexibility index (Phi) is 5.85. The van der Waals surface area contributed by atoms with Gasteiger partial charge in [0.2, 0.25) is 5.91 Å². The van der Waals surface area contributed by atoms with Gasteiger partial charge < -0.3 is 15.3 Å². The zero-order valence-electron chi connectivity index (χ0n) is 10.4. The summed E-state index contributed by atoms with van der Waals surface area (Å²) in [6.45, 7) is 1.23. The highest BCUT2D eigenvalue weighted by molar-refractivity contribution is 5.90. The quantitative estimate of drug-likeness (QED) is 0.780. The summed E-state index contributed by atoms with van der Waals surface area (Å²) >= 11 is 0. The second-order valence-corrected chi connectivity index (χ2v) is 4.02. The highest BCUT2D eigenvalue weighted by atomic mass is 16.3. The van der Waals surface area contributed by atoms with Gasteiger partial charge in [0.15, 0.2) is 0 Å². The van der Waals surface area contributed by atoms with E-state index >= 15 is 0 Å². The van der Waals surface area contributed by atoms with Gasteiger partial charge in [-0.1, -0.05) is 6.07 Å². The molecular weight excluding hydrogens is 230 g/mol. The summed E-state index contributed by atoms with van der Waals surface area (Å²) in [5.41, 5.74) is 1.15. The number of carbonyl (C=O) groups excluding carboxylic acids is 1. The molecule has 0 spiro atoms. The fourth-order valence-electron chi connectivity index (χ4n) is 1.46. The lowest BCUT2D eigenvalue weighted by molar-refractivity contribution is -0.116. The first kappa shape index (κ1) is 14.2. The van der Waals surface area contributed by atoms with Crippen molar-refractivity contribution in [3.8, 4) is 6.07 Å². The Morgan fingerprint density at radius 3 is 2.94 bits per heavy atom. The summed E-state index contributed by atoms with van der Waals surface area (Å²) in [6, 6.07) is 8.81. The molecule has 0 atom stereocenters. The minimum atomic E-state index is -0.102. The molecule has 2 N–H and O–H groups in total. The molecule has 0 unspecified atom stereocenters. The van der Waals surface area contributed by atoms with Crippen LogP contribution >= 0.6 is 0 Å². The summed E-state index contributed by atoms with van der Waals surface area (Å²) in [5, 5.41) is 20.2. The van der Waals surface area contributed by atoms with Crippen molar-refractivity contribution in [2.24, 2.45) is 0 Å². The molecule has 0 aliphatic rings. The molecule has 5 heteroatoms. The van der Waals surface area contributed by atoms with Crippen molar-refractivity contribution in [2.75, 3.05) is 32.1 Å². The lowest BCUT2D eigenvalue weighted by Crippen LogP contribution is -2.26. The lowest BCUT2D eigenvalue weighted by Gasteiger charge is -2.14. The number of nitrogens with one attached hydrogen (secondary N) is 1. The topological polar surface area (TPSA) is 76.4 Å². The number of hydrogen-bond acceptors (Lipinski definition) is 4. The minimum Gasteiger partial charge on any atom is -0.395 e. The van der Waals surface area contributed by atoms with E-state index in [1.165, 1.54) is 0 Å². The smallest absolute Gasteiger partial charge is 0.225 e. The van der Waals surface area contributed by atoms with E-state index in [9.17, 15) is 4.79 Å². The van der Waals surface area contributed by atoms with Crippen LogP contribution in [0.2, 0.25) is 0 Å². The van der Waals surface area contributed by atoms with Gasteiger partial charge >= 0.3 is 0 Å². The van der Waals surface area contributed by atoms with Gasteiger partial charge in [0.1, 0.15) is 0 Å². The molecule has 1 aromatic rings. The molecule has 96 valence electrons. The molecule has 0 aliphatic carbocycles. The van der Waals surface area contributed by atoms with Crippen molar-refractivity contribution >= 4 is 11.6 Å². The molecule has 0 saturated carbocycles. The van der Waals surface area contributed by atoms with Crippen LogP contribution < -0.4 is 5.32 Å². The van der Waals surface area contributed by atoms with Crippen molar-refractivity contribution in [1.82, 2.24) is 4.90 Å². The Morgan fingerprint density at radius 1 is 1.50 bits per heavy atom. The maximum Gasteiger partial charge on any atom is 0.225 e. The monoisotopic (exact) mass is 247 g/mol. The number of rotatable bonds is 6. The highest BCUT2D eigenvalue weighted by Crippen LogP contribution is 2.09. The predicted octanol–water partition coefficient (Wildman–Crippen LogP) is 0.811. The summed E-state index contributed by atoms with van der Waals surface area (Å²) in [6.07, 6.45) is 0.354. The molecule has 0 radical (unpaired) electrons. The third-order valence-corrected chi connectivity index (χ3v) is 2.48. The van der Waals surface area contributed by atoms with Gasteiger partial charge in [-0.3, -0.25) is 4.79 Å². The molecule has 0 bridgehead atoms. The average molecular weight is 247 g/mol. The summed E-state index contributed by atoms with van der Waals surface area (Å²) in [4.78, 5) is 13.5. The van der Waals surface area contributed by atoms with Crippen LogP contribution in [-0.4, -0.2) is 42.7 Å². The number of anilines is 1. The van der Waals surface area contributed by atoms with E-state index in [-0.39, 0.29) is 12.5 Å². The second-order valence-electron chi connectivity index (χ2n) is 4.02. The molecule has 0 aromatic heterocycles. The van der Waals surface area contributed by atoms with Gasteiger partial charge in [0, 0.05) is 25.2 Å². The minimum absolute atomic E-state index is 0.0856. The number of hydrogen-bond donors (Lipinski definition) is 2. The maximum atomic E-state index is 11.6. The van der Waals surface area contributed by atoms with E-state index < -0.39 is 0 Å². The molecule has 0 heterocycles. The number of nitriles is 1. The van der Waals surface area contributed by atoms with E-state index in [0.717, 1.165) is 0 Å². The average Bonchev–Trinajstić information content (AvgIpc) is 2.37. The summed E-state index contributed by atoms with van der Waals surface area (Å²) < 4.78 is 0. The molecule has 18 heavy (non-hydrogen) atoms. The third-order valence-electron chi connectivity index (χ3n) is 2.48. The number of likely N-dealkylation sites (N-methyl/N-ethyl adjacent to an activating group) is 1. The highest BCUT2D eigenvalue weighted by Gasteiger charge is 2.05. The van der Waals surface area contributed by atoms with Crippen LogP contribution in [-0.2, 0) is 4.79 Å². The first-order valence-electron chi connectivity index (χ1n) is 5.75. The number of aliphatic hydroxyl groups is 1. The molecule has 0 fully saturated rings. The van der Waals surface area contributed by atoms with Crippen LogP contribution in [0.3, 0.4) is 0 Å². The second kappa shape index (κ2) is 7.43. The first-order valence-corrected chi connectivity index (χ1v) is 5.75. The van der Waals surface area contributed by atoms with Gasteiger partial charge in [-0.15, -0.1) is 0 Å². The Hall–Kier alpha value is -1.90. The lowest BCUT2D eigenvalue weighted by atomic mass is 10.2. The first-order chi connectivity index (χ1) is 8.65. The standard InChI is InChI=1S/C13H17N3O2/c1-16(7-8-17)6-5-13(18)15-12-4-2-3-11(9-12)10-14/h2-4,9,17H,5-8H2,1H3,(H,15,18). The number of carbonyl (C=O) groups is 1. The molecule has 0 aliphatic heterocycles. The maximum absolute atomic E-state index is 11.6. The molecular formula is C13H17N3O2. The number of nitrogens with zero attached hydrogens (tertiary/aromatic N) is 2. The van der Waals surface area contributed by atoms with E-state index in [1.54, 1.807) is 24.3 Å². The Bertz CT molecular complexity index is 440. The molecule has 0 saturated heterocycles. The van der Waals surface area contributed by atoms with Crippen LogP contribution in [0.4, 0.5) is 5.69 Å². The van der Waals surface area contributed by atoms with Crippen LogP contribution in [0.25, 0.3) is 0 Å². The molecule has 1 amide bonds. The van der Waals surface area contributed by atoms with Gasteiger partial charge in [-0.2, -0.15) is 5.26 Å². The predicted molar refractivity (Wildman–Crippen MR) is 69.0 cm³/mol. The Balaban J connectivity index is 2.42. The van der Waals surface area contributed by atoms with Gasteiger partial charge in [0.05, 0.1) is 18.2 Å². The zero-order valence-corrected chi connectivity index (χ0v) is 10.4. The normalized spacial score (nSPS) is 10.1. The van der Waals surface area contributed by atoms with E-state index in [1.807, 2.05) is 18.0 Å². The third kappa shape index (κ3) is 4.95. The van der Waals surface area contributed by atoms with E-state index in [0.29, 0.717) is 30.8 Å². The largest absolute Gasteiger partial charge is 0.395 e. The molecule has 1 rings (SSSR count). The number of amides is 1. The van der Waals surface area contributed by atoms with Crippen molar-refractivity contribution in [3.05, 3.63) is 29.8 Å². The summed E-state index contributed by atoms with van der Waals surface area (Å²) in [7, 11) is 1.85. The SMILES string of the molecule is CN(CCO)CCC(=O)Nc1cccc(C#N)c1. The van der Waals surface area contributed by atoms with Crippen molar-refractivity contribution < 1.29 is 9.90 Å². The molecule has 5 nitrogen and oxygen atoms in total. The van der Waals surface area contributed by atoms with Crippen LogP contribution in [0.1, 0.15) is 12.0 Å². The fraction of sp³-hybridized carbons (Fsp3) is 0.385. The van der Waals surface area contributed by atoms with Gasteiger partial charge in [-0.25, -0.2) is 0 Å². The Morgan fingerprint density at radius 2 is 2.28 bits per heavy atom.